The molecule has 34 heavy (non-hydrogen) atoms. The van der Waals surface area contributed by atoms with Crippen molar-refractivity contribution in [1.82, 2.24) is 10.2 Å². The van der Waals surface area contributed by atoms with Crippen molar-refractivity contribution in [3.05, 3.63) is 59.7 Å². The predicted molar refractivity (Wildman–Crippen MR) is 126 cm³/mol. The normalized spacial score (nSPS) is 21.8. The van der Waals surface area contributed by atoms with Crippen LogP contribution >= 0.6 is 0 Å². The average Bonchev–Trinajstić information content (AvgIpc) is 3.13. The number of carbonyl (C=O) groups is 3. The lowest BCUT2D eigenvalue weighted by molar-refractivity contribution is -0.141. The lowest BCUT2D eigenvalue weighted by atomic mass is 9.79. The second-order valence-electron chi connectivity index (χ2n) is 9.70. The summed E-state index contributed by atoms with van der Waals surface area (Å²) in [7, 11) is 0. The number of ether oxygens (including phenoxy) is 1. The summed E-state index contributed by atoms with van der Waals surface area (Å²) in [4.78, 5) is 37.9. The van der Waals surface area contributed by atoms with E-state index in [2.05, 4.69) is 29.6 Å². The topological polar surface area (TPSA) is 95.9 Å². The summed E-state index contributed by atoms with van der Waals surface area (Å²) in [5.41, 5.74) is 4.75. The third kappa shape index (κ3) is 4.52. The first-order valence-corrected chi connectivity index (χ1v) is 12.1. The standard InChI is InChI=1S/C27H30N2O5/c30-25(31)13-17-9-11-29(12-10-17)26(32)18-14-19(15-18)28-27(33)34-16-24-22-7-3-1-5-20(22)21-6-2-4-8-23(21)24/h1-8,17-19,24H,9-16H2,(H,28,33)(H,30,31). The monoisotopic (exact) mass is 462 g/mol. The molecule has 2 amide bonds. The number of nitrogens with zero attached hydrogens (tertiary/aromatic N) is 1. The number of carbonyl (C=O) groups excluding carboxylic acids is 2. The maximum absolute atomic E-state index is 12.7. The molecule has 0 aromatic heterocycles. The molecular formula is C27H30N2O5. The van der Waals surface area contributed by atoms with Gasteiger partial charge in [-0.05, 0) is 53.9 Å². The van der Waals surface area contributed by atoms with Gasteiger partial charge in [-0.1, -0.05) is 48.5 Å². The van der Waals surface area contributed by atoms with Gasteiger partial charge >= 0.3 is 12.1 Å². The van der Waals surface area contributed by atoms with E-state index in [1.54, 1.807) is 0 Å². The summed E-state index contributed by atoms with van der Waals surface area (Å²) < 4.78 is 5.61. The summed E-state index contributed by atoms with van der Waals surface area (Å²) in [5, 5.41) is 11.8. The molecule has 2 aromatic rings. The second-order valence-corrected chi connectivity index (χ2v) is 9.70. The van der Waals surface area contributed by atoms with E-state index >= 15 is 0 Å². The maximum Gasteiger partial charge on any atom is 0.407 e. The first kappa shape index (κ1) is 22.4. The molecule has 1 aliphatic heterocycles. The lowest BCUT2D eigenvalue weighted by Gasteiger charge is -2.40. The number of hydrogen-bond donors (Lipinski definition) is 2. The summed E-state index contributed by atoms with van der Waals surface area (Å²) in [6.07, 6.45) is 2.47. The molecule has 2 aromatic carbocycles. The first-order chi connectivity index (χ1) is 16.5. The number of carboxylic acid groups (broad SMARTS) is 1. The number of alkyl carbamates (subject to hydrolysis) is 1. The molecule has 0 unspecified atom stereocenters. The number of fused-ring (bicyclic) bond motifs is 3. The van der Waals surface area contributed by atoms with Crippen LogP contribution < -0.4 is 5.32 Å². The molecule has 5 rings (SSSR count). The van der Waals surface area contributed by atoms with Gasteiger partial charge in [0.05, 0.1) is 0 Å². The Morgan fingerprint density at radius 3 is 2.12 bits per heavy atom. The average molecular weight is 463 g/mol. The van der Waals surface area contributed by atoms with Crippen LogP contribution in [-0.2, 0) is 14.3 Å². The molecule has 1 saturated heterocycles. The number of amides is 2. The quantitative estimate of drug-likeness (QED) is 0.676. The maximum atomic E-state index is 12.7. The van der Waals surface area contributed by atoms with Gasteiger partial charge in [0.25, 0.3) is 0 Å². The summed E-state index contributed by atoms with van der Waals surface area (Å²) >= 11 is 0. The molecule has 0 spiro atoms. The van der Waals surface area contributed by atoms with Gasteiger partial charge in [0.2, 0.25) is 5.91 Å². The molecule has 0 atom stereocenters. The lowest BCUT2D eigenvalue weighted by Crippen LogP contribution is -2.51. The number of piperidine rings is 1. The van der Waals surface area contributed by atoms with Crippen molar-refractivity contribution in [3.63, 3.8) is 0 Å². The SMILES string of the molecule is O=C(O)CC1CCN(C(=O)C2CC(NC(=O)OCC3c4ccccc4-c4ccccc43)C2)CC1. The second kappa shape index (κ2) is 9.49. The van der Waals surface area contributed by atoms with Gasteiger partial charge in [0.1, 0.15) is 6.61 Å². The molecular weight excluding hydrogens is 432 g/mol. The zero-order chi connectivity index (χ0) is 23.7. The first-order valence-electron chi connectivity index (χ1n) is 12.1. The van der Waals surface area contributed by atoms with E-state index < -0.39 is 12.1 Å². The van der Waals surface area contributed by atoms with Gasteiger partial charge in [0, 0.05) is 37.4 Å². The predicted octanol–water partition coefficient (Wildman–Crippen LogP) is 4.02. The molecule has 178 valence electrons. The van der Waals surface area contributed by atoms with Crippen LogP contribution in [-0.4, -0.2) is 53.7 Å². The van der Waals surface area contributed by atoms with Crippen LogP contribution in [0.2, 0.25) is 0 Å². The Kier molecular flexibility index (Phi) is 6.26. The number of benzene rings is 2. The fourth-order valence-electron chi connectivity index (χ4n) is 5.61. The Labute approximate surface area is 199 Å². The number of likely N-dealkylation sites (tertiary alicyclic amines) is 1. The zero-order valence-electron chi connectivity index (χ0n) is 19.1. The van der Waals surface area contributed by atoms with Crippen molar-refractivity contribution in [3.8, 4) is 11.1 Å². The molecule has 0 radical (unpaired) electrons. The van der Waals surface area contributed by atoms with Gasteiger partial charge in [-0.15, -0.1) is 0 Å². The molecule has 2 N–H and O–H groups in total. The third-order valence-electron chi connectivity index (χ3n) is 7.54. The van der Waals surface area contributed by atoms with E-state index in [9.17, 15) is 14.4 Å². The fourth-order valence-corrected chi connectivity index (χ4v) is 5.61. The Morgan fingerprint density at radius 2 is 1.53 bits per heavy atom. The van der Waals surface area contributed by atoms with E-state index in [1.807, 2.05) is 29.2 Å². The van der Waals surface area contributed by atoms with Crippen LogP contribution in [0.1, 0.15) is 49.1 Å². The van der Waals surface area contributed by atoms with Crippen molar-refractivity contribution in [2.75, 3.05) is 19.7 Å². The molecule has 3 aliphatic rings. The number of aliphatic carboxylic acids is 1. The van der Waals surface area contributed by atoms with Crippen LogP contribution in [0, 0.1) is 11.8 Å². The Morgan fingerprint density at radius 1 is 0.941 bits per heavy atom. The molecule has 1 heterocycles. The van der Waals surface area contributed by atoms with E-state index in [1.165, 1.54) is 22.3 Å². The minimum atomic E-state index is -0.772. The van der Waals surface area contributed by atoms with E-state index in [-0.39, 0.29) is 42.7 Å². The van der Waals surface area contributed by atoms with Crippen molar-refractivity contribution in [1.29, 1.82) is 0 Å². The molecule has 7 heteroatoms. The number of nitrogens with one attached hydrogen (secondary N) is 1. The van der Waals surface area contributed by atoms with Gasteiger partial charge in [-0.2, -0.15) is 0 Å². The number of carboxylic acids is 1. The van der Waals surface area contributed by atoms with Crippen molar-refractivity contribution in [2.45, 2.75) is 44.1 Å². The molecule has 0 bridgehead atoms. The largest absolute Gasteiger partial charge is 0.481 e. The minimum absolute atomic E-state index is 0.0259. The van der Waals surface area contributed by atoms with Crippen LogP contribution in [0.4, 0.5) is 4.79 Å². The van der Waals surface area contributed by atoms with Gasteiger partial charge in [0.15, 0.2) is 0 Å². The van der Waals surface area contributed by atoms with Gasteiger partial charge in [-0.25, -0.2) is 4.79 Å². The number of rotatable bonds is 6. The van der Waals surface area contributed by atoms with Crippen LogP contribution in [0.15, 0.2) is 48.5 Å². The van der Waals surface area contributed by atoms with Crippen molar-refractivity contribution >= 4 is 18.0 Å². The number of hydrogen-bond acceptors (Lipinski definition) is 4. The zero-order valence-corrected chi connectivity index (χ0v) is 19.1. The molecule has 2 fully saturated rings. The van der Waals surface area contributed by atoms with Gasteiger partial charge in [-0.3, -0.25) is 9.59 Å². The van der Waals surface area contributed by atoms with Crippen LogP contribution in [0.3, 0.4) is 0 Å². The highest BCUT2D eigenvalue weighted by atomic mass is 16.5. The van der Waals surface area contributed by atoms with Crippen LogP contribution in [0.25, 0.3) is 11.1 Å². The fraction of sp³-hybridized carbons (Fsp3) is 0.444. The molecule has 7 nitrogen and oxygen atoms in total. The Bertz CT molecular complexity index is 1040. The Hall–Kier alpha value is -3.35. The summed E-state index contributed by atoms with van der Waals surface area (Å²) in [6, 6.07) is 16.4. The third-order valence-corrected chi connectivity index (χ3v) is 7.54. The highest BCUT2D eigenvalue weighted by Gasteiger charge is 2.39. The van der Waals surface area contributed by atoms with Crippen LogP contribution in [0.5, 0.6) is 0 Å². The summed E-state index contributed by atoms with van der Waals surface area (Å²) in [6.45, 7) is 1.52. The van der Waals surface area contributed by atoms with E-state index in [0.29, 0.717) is 25.9 Å². The van der Waals surface area contributed by atoms with E-state index in [0.717, 1.165) is 12.8 Å². The minimum Gasteiger partial charge on any atom is -0.481 e. The molecule has 1 saturated carbocycles. The van der Waals surface area contributed by atoms with E-state index in [4.69, 9.17) is 9.84 Å². The highest BCUT2D eigenvalue weighted by molar-refractivity contribution is 5.81. The van der Waals surface area contributed by atoms with Crippen molar-refractivity contribution < 1.29 is 24.2 Å². The van der Waals surface area contributed by atoms with Gasteiger partial charge < -0.3 is 20.1 Å². The summed E-state index contributed by atoms with van der Waals surface area (Å²) in [5.74, 6) is -0.538. The Balaban J connectivity index is 1.07. The highest BCUT2D eigenvalue weighted by Crippen LogP contribution is 2.44. The van der Waals surface area contributed by atoms with Crippen molar-refractivity contribution in [2.24, 2.45) is 11.8 Å². The molecule has 2 aliphatic carbocycles. The smallest absolute Gasteiger partial charge is 0.407 e.